The molecule has 4 nitrogen and oxygen atoms in total. The quantitative estimate of drug-likeness (QED) is 0.743. The third-order valence-electron chi connectivity index (χ3n) is 4.35. The van der Waals surface area contributed by atoms with Crippen molar-refractivity contribution in [1.82, 2.24) is 5.32 Å². The van der Waals surface area contributed by atoms with Crippen molar-refractivity contribution >= 4 is 28.2 Å². The van der Waals surface area contributed by atoms with E-state index < -0.39 is 11.6 Å². The van der Waals surface area contributed by atoms with Gasteiger partial charge in [0.25, 0.3) is 5.78 Å². The van der Waals surface area contributed by atoms with Crippen LogP contribution in [0, 0.1) is 0 Å². The van der Waals surface area contributed by atoms with Gasteiger partial charge in [-0.15, -0.1) is 11.8 Å². The second-order valence-corrected chi connectivity index (χ2v) is 7.16. The summed E-state index contributed by atoms with van der Waals surface area (Å²) in [7, 11) is 0. The second kappa shape index (κ2) is 4.71. The number of ketones is 2. The number of carbonyl (C=O) groups is 2. The summed E-state index contributed by atoms with van der Waals surface area (Å²) >= 11 is 1.73. The predicted molar refractivity (Wildman–Crippen MR) is 81.1 cm³/mol. The Bertz CT molecular complexity index is 674. The lowest BCUT2D eigenvalue weighted by Crippen LogP contribution is -2.45. The summed E-state index contributed by atoms with van der Waals surface area (Å²) in [5.41, 5.74) is 1.35. The number of fused-ring (bicyclic) bond motifs is 2. The molecule has 1 saturated heterocycles. The minimum absolute atomic E-state index is 0.0257. The zero-order valence-electron chi connectivity index (χ0n) is 11.5. The average Bonchev–Trinajstić information content (AvgIpc) is 2.53. The van der Waals surface area contributed by atoms with E-state index in [4.69, 9.17) is 4.74 Å². The fourth-order valence-corrected chi connectivity index (χ4v) is 4.63. The molecule has 1 aromatic carbocycles. The van der Waals surface area contributed by atoms with Crippen LogP contribution in [0.5, 0.6) is 0 Å². The van der Waals surface area contributed by atoms with Crippen LogP contribution < -0.4 is 5.32 Å². The van der Waals surface area contributed by atoms with E-state index in [0.717, 1.165) is 36.4 Å². The molecule has 1 aliphatic carbocycles. The van der Waals surface area contributed by atoms with Crippen molar-refractivity contribution in [1.29, 1.82) is 0 Å². The minimum Gasteiger partial charge on any atom is -0.487 e. The number of ether oxygens (including phenoxy) is 1. The molecular weight excluding hydrogens is 286 g/mol. The normalized spacial score (nSPS) is 23.6. The molecule has 5 heteroatoms. The van der Waals surface area contributed by atoms with Gasteiger partial charge in [0.05, 0.1) is 9.65 Å². The standard InChI is InChI=1S/C16H15NO3S/c18-12-10-3-1-2-4-11(10)15-14(13(12)19)20-9-16(21-15)5-7-17-8-6-16/h1-4,17H,5-9H2. The highest BCUT2D eigenvalue weighted by Crippen LogP contribution is 2.51. The van der Waals surface area contributed by atoms with Crippen molar-refractivity contribution in [3.8, 4) is 0 Å². The smallest absolute Gasteiger partial charge is 0.269 e. The van der Waals surface area contributed by atoms with Gasteiger partial charge in [-0.05, 0) is 25.9 Å². The largest absolute Gasteiger partial charge is 0.487 e. The molecule has 0 aromatic heterocycles. The zero-order chi connectivity index (χ0) is 14.4. The molecule has 108 valence electrons. The lowest BCUT2D eigenvalue weighted by molar-refractivity contribution is -0.115. The molecule has 2 heterocycles. The molecule has 0 bridgehead atoms. The molecule has 0 saturated carbocycles. The molecule has 3 aliphatic rings. The van der Waals surface area contributed by atoms with Gasteiger partial charge in [-0.3, -0.25) is 9.59 Å². The van der Waals surface area contributed by atoms with Crippen LogP contribution in [0.4, 0.5) is 0 Å². The van der Waals surface area contributed by atoms with Gasteiger partial charge in [-0.2, -0.15) is 0 Å². The maximum atomic E-state index is 12.2. The number of nitrogens with one attached hydrogen (secondary N) is 1. The van der Waals surface area contributed by atoms with Gasteiger partial charge in [0.15, 0.2) is 5.76 Å². The van der Waals surface area contributed by atoms with Crippen molar-refractivity contribution in [3.05, 3.63) is 41.2 Å². The van der Waals surface area contributed by atoms with Crippen molar-refractivity contribution in [2.75, 3.05) is 19.7 Å². The van der Waals surface area contributed by atoms with Gasteiger partial charge in [-0.1, -0.05) is 24.3 Å². The Labute approximate surface area is 126 Å². The first kappa shape index (κ1) is 13.1. The first-order valence-electron chi connectivity index (χ1n) is 7.15. The first-order chi connectivity index (χ1) is 10.2. The van der Waals surface area contributed by atoms with Crippen molar-refractivity contribution in [3.63, 3.8) is 0 Å². The van der Waals surface area contributed by atoms with Gasteiger partial charge >= 0.3 is 0 Å². The van der Waals surface area contributed by atoms with E-state index in [0.29, 0.717) is 12.2 Å². The Morgan fingerprint density at radius 2 is 1.76 bits per heavy atom. The molecule has 4 rings (SSSR count). The minimum atomic E-state index is -0.500. The Kier molecular flexibility index (Phi) is 2.94. The Morgan fingerprint density at radius 3 is 2.52 bits per heavy atom. The summed E-state index contributed by atoms with van der Waals surface area (Å²) in [6.45, 7) is 2.44. The van der Waals surface area contributed by atoms with Crippen LogP contribution in [-0.2, 0) is 9.53 Å². The summed E-state index contributed by atoms with van der Waals surface area (Å²) in [5.74, 6) is -0.695. The predicted octanol–water partition coefficient (Wildman–Crippen LogP) is 2.01. The van der Waals surface area contributed by atoms with E-state index in [2.05, 4.69) is 5.32 Å². The second-order valence-electron chi connectivity index (χ2n) is 5.69. The number of hydrogen-bond donors (Lipinski definition) is 1. The lowest BCUT2D eigenvalue weighted by Gasteiger charge is -2.41. The first-order valence-corrected chi connectivity index (χ1v) is 7.97. The third kappa shape index (κ3) is 1.95. The average molecular weight is 301 g/mol. The summed E-state index contributed by atoms with van der Waals surface area (Å²) < 4.78 is 5.80. The number of rotatable bonds is 0. The molecule has 1 N–H and O–H groups in total. The van der Waals surface area contributed by atoms with E-state index in [9.17, 15) is 9.59 Å². The van der Waals surface area contributed by atoms with E-state index in [1.165, 1.54) is 0 Å². The number of Topliss-reactive ketones (excluding diaryl/α,β-unsaturated/α-hetero) is 2. The highest BCUT2D eigenvalue weighted by molar-refractivity contribution is 8.09. The van der Waals surface area contributed by atoms with E-state index in [1.807, 2.05) is 12.1 Å². The Hall–Kier alpha value is -1.59. The molecule has 1 fully saturated rings. The molecule has 1 spiro atoms. The maximum absolute atomic E-state index is 12.2. The monoisotopic (exact) mass is 301 g/mol. The highest BCUT2D eigenvalue weighted by Gasteiger charge is 2.44. The van der Waals surface area contributed by atoms with Crippen molar-refractivity contribution in [2.24, 2.45) is 0 Å². The molecule has 2 aliphatic heterocycles. The summed E-state index contributed by atoms with van der Waals surface area (Å²) in [4.78, 5) is 25.2. The Balaban J connectivity index is 1.81. The highest BCUT2D eigenvalue weighted by atomic mass is 32.2. The van der Waals surface area contributed by atoms with Crippen LogP contribution in [0.2, 0.25) is 0 Å². The number of piperidine rings is 1. The lowest BCUT2D eigenvalue weighted by atomic mass is 9.93. The number of carbonyl (C=O) groups excluding carboxylic acids is 2. The van der Waals surface area contributed by atoms with E-state index in [1.54, 1.807) is 23.9 Å². The fraction of sp³-hybridized carbons (Fsp3) is 0.375. The molecular formula is C16H15NO3S. The van der Waals surface area contributed by atoms with Gasteiger partial charge in [0.1, 0.15) is 6.61 Å². The van der Waals surface area contributed by atoms with Gasteiger partial charge in [0, 0.05) is 11.1 Å². The van der Waals surface area contributed by atoms with Crippen molar-refractivity contribution in [2.45, 2.75) is 17.6 Å². The molecule has 1 aromatic rings. The summed E-state index contributed by atoms with van der Waals surface area (Å²) in [6.07, 6.45) is 2.03. The fourth-order valence-electron chi connectivity index (χ4n) is 3.14. The molecule has 0 amide bonds. The van der Waals surface area contributed by atoms with Gasteiger partial charge in [-0.25, -0.2) is 0 Å². The Morgan fingerprint density at radius 1 is 1.05 bits per heavy atom. The van der Waals surface area contributed by atoms with Gasteiger partial charge < -0.3 is 10.1 Å². The molecule has 0 unspecified atom stereocenters. The van der Waals surface area contributed by atoms with Crippen LogP contribution in [0.15, 0.2) is 30.0 Å². The number of thioether (sulfide) groups is 1. The number of allylic oxidation sites excluding steroid dienone is 1. The van der Waals surface area contributed by atoms with Crippen LogP contribution in [-0.4, -0.2) is 36.0 Å². The summed E-state index contributed by atoms with van der Waals surface area (Å²) in [6, 6.07) is 7.33. The van der Waals surface area contributed by atoms with Crippen LogP contribution >= 0.6 is 11.8 Å². The van der Waals surface area contributed by atoms with E-state index in [-0.39, 0.29) is 10.5 Å². The van der Waals surface area contributed by atoms with Crippen LogP contribution in [0.1, 0.15) is 28.8 Å². The molecule has 21 heavy (non-hydrogen) atoms. The molecule has 0 radical (unpaired) electrons. The van der Waals surface area contributed by atoms with Crippen molar-refractivity contribution < 1.29 is 14.3 Å². The van der Waals surface area contributed by atoms with Crippen LogP contribution in [0.25, 0.3) is 4.91 Å². The SMILES string of the molecule is O=C1C(=O)c2ccccc2C2=C1OCC1(CCNCC1)S2. The third-order valence-corrected chi connectivity index (χ3v) is 5.92. The van der Waals surface area contributed by atoms with Crippen LogP contribution in [0.3, 0.4) is 0 Å². The summed E-state index contributed by atoms with van der Waals surface area (Å²) in [5, 5.41) is 3.36. The topological polar surface area (TPSA) is 55.4 Å². The molecule has 0 atom stereocenters. The van der Waals surface area contributed by atoms with Gasteiger partial charge in [0.2, 0.25) is 5.78 Å². The maximum Gasteiger partial charge on any atom is 0.269 e. The zero-order valence-corrected chi connectivity index (χ0v) is 12.3. The number of benzene rings is 1. The number of hydrogen-bond acceptors (Lipinski definition) is 5. The van der Waals surface area contributed by atoms with E-state index >= 15 is 0 Å².